The van der Waals surface area contributed by atoms with Gasteiger partial charge in [-0.3, -0.25) is 9.69 Å². The Morgan fingerprint density at radius 1 is 0.706 bits per heavy atom. The quantitative estimate of drug-likeness (QED) is 0.462. The minimum Gasteiger partial charge on any atom is -0.372 e. The molecule has 2 bridgehead atoms. The van der Waals surface area contributed by atoms with E-state index in [0.717, 1.165) is 61.3 Å². The van der Waals surface area contributed by atoms with E-state index in [1.54, 1.807) is 0 Å². The minimum atomic E-state index is 0.210. The molecule has 2 aromatic carbocycles. The van der Waals surface area contributed by atoms with Crippen molar-refractivity contribution in [3.8, 4) is 0 Å². The van der Waals surface area contributed by atoms with E-state index in [9.17, 15) is 4.79 Å². The second-order valence-corrected chi connectivity index (χ2v) is 9.33. The van der Waals surface area contributed by atoms with E-state index >= 15 is 0 Å². The van der Waals surface area contributed by atoms with Crippen molar-refractivity contribution in [2.75, 3.05) is 43.0 Å². The average molecular weight is 458 g/mol. The summed E-state index contributed by atoms with van der Waals surface area (Å²) in [6, 6.07) is 17.7. The summed E-state index contributed by atoms with van der Waals surface area (Å²) < 4.78 is 0. The van der Waals surface area contributed by atoms with Crippen molar-refractivity contribution < 1.29 is 4.79 Å². The molecule has 0 aliphatic carbocycles. The fourth-order valence-electron chi connectivity index (χ4n) is 5.58. The molecule has 2 saturated heterocycles. The fraction of sp³-hybridized carbons (Fsp3) is 0.433. The minimum absolute atomic E-state index is 0.210. The van der Waals surface area contributed by atoms with Gasteiger partial charge in [0.2, 0.25) is 0 Å². The molecule has 0 amide bonds. The summed E-state index contributed by atoms with van der Waals surface area (Å²) in [4.78, 5) is 20.8. The van der Waals surface area contributed by atoms with Gasteiger partial charge < -0.3 is 9.80 Å². The summed E-state index contributed by atoms with van der Waals surface area (Å²) in [5.74, 6) is 0.214. The Kier molecular flexibility index (Phi) is 7.57. The van der Waals surface area contributed by atoms with Gasteiger partial charge in [0, 0.05) is 60.8 Å². The molecule has 2 heterocycles. The van der Waals surface area contributed by atoms with Crippen molar-refractivity contribution in [3.05, 3.63) is 70.8 Å². The zero-order valence-electron chi connectivity index (χ0n) is 21.4. The second kappa shape index (κ2) is 10.6. The van der Waals surface area contributed by atoms with Gasteiger partial charge in [0.05, 0.1) is 0 Å². The first-order valence-electron chi connectivity index (χ1n) is 12.9. The maximum Gasteiger partial charge on any atom is 0.188 e. The van der Waals surface area contributed by atoms with Gasteiger partial charge in [0.1, 0.15) is 0 Å². The third-order valence-corrected chi connectivity index (χ3v) is 7.63. The van der Waals surface area contributed by atoms with Gasteiger partial charge in [-0.2, -0.15) is 0 Å². The Bertz CT molecular complexity index is 960. The first-order chi connectivity index (χ1) is 16.5. The lowest BCUT2D eigenvalue weighted by molar-refractivity contribution is -0.114. The third-order valence-electron chi connectivity index (χ3n) is 7.63. The lowest BCUT2D eigenvalue weighted by Gasteiger charge is -2.34. The van der Waals surface area contributed by atoms with Crippen molar-refractivity contribution in [1.29, 1.82) is 0 Å². The molecule has 180 valence electrons. The number of fused-ring (bicyclic) bond motifs is 2. The molecule has 4 heteroatoms. The maximum absolute atomic E-state index is 13.7. The zero-order valence-corrected chi connectivity index (χ0v) is 21.4. The van der Waals surface area contributed by atoms with Crippen LogP contribution in [-0.4, -0.2) is 56.0 Å². The Hall–Kier alpha value is -2.85. The van der Waals surface area contributed by atoms with Crippen LogP contribution in [0, 0.1) is 0 Å². The average Bonchev–Trinajstić information content (AvgIpc) is 3.18. The molecule has 0 aromatic heterocycles. The van der Waals surface area contributed by atoms with Gasteiger partial charge in [0.15, 0.2) is 5.78 Å². The van der Waals surface area contributed by atoms with Crippen LogP contribution in [0.2, 0.25) is 0 Å². The van der Waals surface area contributed by atoms with Crippen molar-refractivity contribution in [2.24, 2.45) is 0 Å². The topological polar surface area (TPSA) is 26.8 Å². The van der Waals surface area contributed by atoms with E-state index in [1.807, 2.05) is 0 Å². The summed E-state index contributed by atoms with van der Waals surface area (Å²) in [5, 5.41) is 0. The third kappa shape index (κ3) is 4.69. The predicted molar refractivity (Wildman–Crippen MR) is 146 cm³/mol. The number of carbonyl (C=O) groups is 1. The Morgan fingerprint density at radius 3 is 1.38 bits per heavy atom. The van der Waals surface area contributed by atoms with Crippen LogP contribution in [-0.2, 0) is 4.79 Å². The molecular formula is C30H39N3O. The highest BCUT2D eigenvalue weighted by Crippen LogP contribution is 2.40. The SMILES string of the molecule is CCN(CC)c1ccc(/C=C2\C(=O)/C(=C\c3ccc(N(CC)CC)cc3)[C@H]3CC[C@H]2N3C)cc1. The summed E-state index contributed by atoms with van der Waals surface area (Å²) >= 11 is 0. The van der Waals surface area contributed by atoms with Crippen molar-refractivity contribution >= 4 is 29.3 Å². The van der Waals surface area contributed by atoms with Crippen LogP contribution in [0.25, 0.3) is 12.2 Å². The number of nitrogens with zero attached hydrogens (tertiary/aromatic N) is 3. The summed E-state index contributed by atoms with van der Waals surface area (Å²) in [6.07, 6.45) is 6.31. The number of likely N-dealkylation sites (N-methyl/N-ethyl adjacent to an activating group) is 1. The zero-order chi connectivity index (χ0) is 24.2. The van der Waals surface area contributed by atoms with Gasteiger partial charge in [-0.25, -0.2) is 0 Å². The highest BCUT2D eigenvalue weighted by Gasteiger charge is 2.44. The van der Waals surface area contributed by atoms with Crippen molar-refractivity contribution in [3.63, 3.8) is 0 Å². The standard InChI is InChI=1S/C30H39N3O/c1-6-32(7-2)24-14-10-22(11-15-24)20-26-28-18-19-29(31(28)5)27(30(26)34)21-23-12-16-25(17-13-23)33(8-3)9-4/h10-17,20-21,28-29H,6-9,18-19H2,1-5H3/b26-20-,27-21-/t28-,29-/m1/s1. The van der Waals surface area contributed by atoms with Gasteiger partial charge in [0.25, 0.3) is 0 Å². The molecule has 0 N–H and O–H groups in total. The van der Waals surface area contributed by atoms with Gasteiger partial charge in [-0.1, -0.05) is 24.3 Å². The molecule has 0 unspecified atom stereocenters. The molecule has 0 saturated carbocycles. The van der Waals surface area contributed by atoms with Gasteiger partial charge >= 0.3 is 0 Å². The predicted octanol–water partition coefficient (Wildman–Crippen LogP) is 5.89. The lowest BCUT2D eigenvalue weighted by atomic mass is 9.88. The molecule has 4 nitrogen and oxygen atoms in total. The summed E-state index contributed by atoms with van der Waals surface area (Å²) in [6.45, 7) is 12.7. The van der Waals surface area contributed by atoms with Gasteiger partial charge in [-0.15, -0.1) is 0 Å². The van der Waals surface area contributed by atoms with E-state index in [-0.39, 0.29) is 17.9 Å². The van der Waals surface area contributed by atoms with Crippen LogP contribution in [0.3, 0.4) is 0 Å². The number of piperidine rings is 1. The Labute approximate surface area is 205 Å². The first-order valence-corrected chi connectivity index (χ1v) is 12.9. The van der Waals surface area contributed by atoms with E-state index in [0.29, 0.717) is 0 Å². The Balaban J connectivity index is 1.63. The molecule has 4 rings (SSSR count). The molecule has 2 aliphatic rings. The van der Waals surface area contributed by atoms with Crippen LogP contribution < -0.4 is 9.80 Å². The largest absolute Gasteiger partial charge is 0.372 e. The van der Waals surface area contributed by atoms with E-state index in [1.165, 1.54) is 11.4 Å². The first kappa shape index (κ1) is 24.3. The number of carbonyl (C=O) groups excluding carboxylic acids is 1. The summed E-state index contributed by atoms with van der Waals surface area (Å²) in [7, 11) is 2.17. The number of benzene rings is 2. The number of anilines is 2. The molecule has 2 atom stereocenters. The van der Waals surface area contributed by atoms with E-state index in [4.69, 9.17) is 0 Å². The second-order valence-electron chi connectivity index (χ2n) is 9.33. The molecular weight excluding hydrogens is 418 g/mol. The highest BCUT2D eigenvalue weighted by molar-refractivity contribution is 6.16. The molecule has 2 fully saturated rings. The van der Waals surface area contributed by atoms with Crippen LogP contribution in [0.5, 0.6) is 0 Å². The van der Waals surface area contributed by atoms with E-state index < -0.39 is 0 Å². The fourth-order valence-corrected chi connectivity index (χ4v) is 5.58. The lowest BCUT2D eigenvalue weighted by Crippen LogP contribution is -2.43. The smallest absolute Gasteiger partial charge is 0.188 e. The van der Waals surface area contributed by atoms with Crippen LogP contribution in [0.15, 0.2) is 59.7 Å². The molecule has 0 radical (unpaired) electrons. The normalized spacial score (nSPS) is 22.6. The van der Waals surface area contributed by atoms with Gasteiger partial charge in [-0.05, 0) is 95.1 Å². The number of hydrogen-bond acceptors (Lipinski definition) is 4. The number of rotatable bonds is 8. The van der Waals surface area contributed by atoms with Crippen LogP contribution in [0.1, 0.15) is 51.7 Å². The molecule has 2 aromatic rings. The maximum atomic E-state index is 13.7. The number of hydrogen-bond donors (Lipinski definition) is 0. The van der Waals surface area contributed by atoms with Crippen LogP contribution >= 0.6 is 0 Å². The summed E-state index contributed by atoms with van der Waals surface area (Å²) in [5.41, 5.74) is 6.51. The number of ketones is 1. The van der Waals surface area contributed by atoms with Crippen molar-refractivity contribution in [1.82, 2.24) is 4.90 Å². The molecule has 2 aliphatic heterocycles. The molecule has 0 spiro atoms. The molecule has 34 heavy (non-hydrogen) atoms. The Morgan fingerprint density at radius 2 is 1.06 bits per heavy atom. The number of Topliss-reactive ketones (excluding diaryl/α,β-unsaturated/α-hetero) is 1. The van der Waals surface area contributed by atoms with Crippen LogP contribution in [0.4, 0.5) is 11.4 Å². The van der Waals surface area contributed by atoms with Crippen molar-refractivity contribution in [2.45, 2.75) is 52.6 Å². The van der Waals surface area contributed by atoms with E-state index in [2.05, 4.69) is 110 Å². The highest BCUT2D eigenvalue weighted by atomic mass is 16.1. The monoisotopic (exact) mass is 457 g/mol.